The van der Waals surface area contributed by atoms with Gasteiger partial charge in [0.05, 0.1) is 36.8 Å². The molecule has 0 saturated carbocycles. The van der Waals surface area contributed by atoms with Gasteiger partial charge in [-0.1, -0.05) is 11.8 Å². The van der Waals surface area contributed by atoms with E-state index in [4.69, 9.17) is 14.5 Å². The molecule has 9 nitrogen and oxygen atoms in total. The van der Waals surface area contributed by atoms with E-state index < -0.39 is 0 Å². The molecule has 0 atom stereocenters. The zero-order valence-electron chi connectivity index (χ0n) is 20.9. The first-order valence-electron chi connectivity index (χ1n) is 12.1. The Morgan fingerprint density at radius 3 is 2.84 bits per heavy atom. The number of ether oxygens (including phenoxy) is 2. The molecule has 0 fully saturated rings. The van der Waals surface area contributed by atoms with Crippen LogP contribution in [0.5, 0.6) is 17.2 Å². The van der Waals surface area contributed by atoms with Crippen molar-refractivity contribution >= 4 is 45.4 Å². The van der Waals surface area contributed by atoms with Crippen LogP contribution >= 0.6 is 23.1 Å². The van der Waals surface area contributed by atoms with Crippen LogP contribution in [0.2, 0.25) is 0 Å². The summed E-state index contributed by atoms with van der Waals surface area (Å²) in [7, 11) is 1.46. The number of phenolic OH excluding ortho intramolecular Hbond substituents is 1. The maximum absolute atomic E-state index is 13.8. The van der Waals surface area contributed by atoms with Crippen LogP contribution in [0.3, 0.4) is 0 Å². The molecule has 2 aromatic heterocycles. The van der Waals surface area contributed by atoms with Crippen LogP contribution < -0.4 is 20.5 Å². The molecule has 2 heterocycles. The van der Waals surface area contributed by atoms with Crippen molar-refractivity contribution in [2.75, 3.05) is 19.5 Å². The molecule has 0 radical (unpaired) electrons. The summed E-state index contributed by atoms with van der Waals surface area (Å²) < 4.78 is 12.2. The highest BCUT2D eigenvalue weighted by molar-refractivity contribution is 7.99. The molecule has 11 heteroatoms. The molecule has 0 saturated heterocycles. The normalized spacial score (nSPS) is 12.7. The summed E-state index contributed by atoms with van der Waals surface area (Å²) in [6.45, 7) is 2.46. The number of phenols is 1. The summed E-state index contributed by atoms with van der Waals surface area (Å²) in [5, 5.41) is 14.8. The molecular weight excluding hydrogens is 524 g/mol. The highest BCUT2D eigenvalue weighted by Crippen LogP contribution is 2.36. The van der Waals surface area contributed by atoms with E-state index in [1.54, 1.807) is 28.0 Å². The molecule has 5 rings (SSSR count). The van der Waals surface area contributed by atoms with Gasteiger partial charge in [-0.3, -0.25) is 14.2 Å². The molecule has 1 amide bonds. The summed E-state index contributed by atoms with van der Waals surface area (Å²) in [6.07, 6.45) is 4.36. The Labute approximate surface area is 227 Å². The Kier molecular flexibility index (Phi) is 7.66. The minimum absolute atomic E-state index is 0.0102. The number of aromatic nitrogens is 2. The second kappa shape index (κ2) is 11.3. The van der Waals surface area contributed by atoms with Crippen molar-refractivity contribution in [3.63, 3.8) is 0 Å². The number of thiophene rings is 1. The number of carbonyl (C=O) groups is 1. The van der Waals surface area contributed by atoms with Gasteiger partial charge in [0.25, 0.3) is 11.5 Å². The molecule has 1 aliphatic carbocycles. The van der Waals surface area contributed by atoms with Crippen molar-refractivity contribution in [3.8, 4) is 22.9 Å². The van der Waals surface area contributed by atoms with Crippen molar-refractivity contribution in [1.82, 2.24) is 15.0 Å². The molecule has 0 aliphatic heterocycles. The maximum atomic E-state index is 13.8. The Bertz CT molecular complexity index is 1580. The van der Waals surface area contributed by atoms with Gasteiger partial charge in [0, 0.05) is 4.88 Å². The van der Waals surface area contributed by atoms with Crippen molar-refractivity contribution in [2.45, 2.75) is 31.3 Å². The van der Waals surface area contributed by atoms with Gasteiger partial charge in [-0.2, -0.15) is 5.10 Å². The first kappa shape index (κ1) is 25.8. The van der Waals surface area contributed by atoms with Crippen LogP contribution in [0.15, 0.2) is 57.5 Å². The number of nitrogens with zero attached hydrogens (tertiary/aromatic N) is 3. The van der Waals surface area contributed by atoms with Crippen molar-refractivity contribution in [3.05, 3.63) is 68.8 Å². The van der Waals surface area contributed by atoms with Gasteiger partial charge >= 0.3 is 0 Å². The molecule has 0 bridgehead atoms. The Hall–Kier alpha value is -3.83. The predicted molar refractivity (Wildman–Crippen MR) is 150 cm³/mol. The molecule has 38 heavy (non-hydrogen) atoms. The quantitative estimate of drug-likeness (QED) is 0.138. The fraction of sp³-hybridized carbons (Fsp3) is 0.259. The lowest BCUT2D eigenvalue weighted by molar-refractivity contribution is -0.118. The highest BCUT2D eigenvalue weighted by Gasteiger charge is 2.24. The third-order valence-electron chi connectivity index (χ3n) is 6.05. The van der Waals surface area contributed by atoms with Crippen LogP contribution in [-0.2, 0) is 17.6 Å². The third-order valence-corrected chi connectivity index (χ3v) is 8.18. The summed E-state index contributed by atoms with van der Waals surface area (Å²) in [5.74, 6) is 0.704. The number of rotatable bonds is 9. The predicted octanol–water partition coefficient (Wildman–Crippen LogP) is 4.29. The van der Waals surface area contributed by atoms with E-state index in [0.717, 1.165) is 24.8 Å². The standard InChI is InChI=1S/C27H26N4O5S2/c1-3-36-18-10-8-17(9-11-18)31-26(34)24-19-5-4-6-22(19)38-25(24)29-27(31)37-15-23(33)30-28-14-16-7-12-20(32)21(13-16)35-2/h7-14,32H,3-6,15H2,1-2H3,(H,30,33)/b28-14+. The SMILES string of the molecule is CCOc1ccc(-n2c(SCC(=O)N/N=C/c3ccc(O)c(OC)c3)nc3sc4c(c3c2=O)CCC4)cc1. The van der Waals surface area contributed by atoms with E-state index >= 15 is 0 Å². The van der Waals surface area contributed by atoms with Gasteiger partial charge in [0.1, 0.15) is 10.6 Å². The summed E-state index contributed by atoms with van der Waals surface area (Å²) >= 11 is 2.74. The smallest absolute Gasteiger partial charge is 0.267 e. The lowest BCUT2D eigenvalue weighted by Gasteiger charge is -2.13. The number of fused-ring (bicyclic) bond motifs is 3. The van der Waals surface area contributed by atoms with Gasteiger partial charge in [-0.25, -0.2) is 10.4 Å². The fourth-order valence-corrected chi connectivity index (χ4v) is 6.43. The average Bonchev–Trinajstić information content (AvgIpc) is 3.50. The van der Waals surface area contributed by atoms with E-state index in [2.05, 4.69) is 10.5 Å². The first-order valence-corrected chi connectivity index (χ1v) is 13.9. The van der Waals surface area contributed by atoms with E-state index in [9.17, 15) is 14.7 Å². The Morgan fingerprint density at radius 2 is 2.08 bits per heavy atom. The van der Waals surface area contributed by atoms with Crippen LogP contribution in [-0.4, -0.2) is 46.2 Å². The molecular formula is C27H26N4O5S2. The van der Waals surface area contributed by atoms with E-state index in [-0.39, 0.29) is 23.0 Å². The number of hydrogen-bond donors (Lipinski definition) is 2. The third kappa shape index (κ3) is 5.25. The van der Waals surface area contributed by atoms with E-state index in [1.165, 1.54) is 36.0 Å². The topological polar surface area (TPSA) is 115 Å². The van der Waals surface area contributed by atoms with Gasteiger partial charge in [-0.05, 0) is 79.8 Å². The zero-order chi connectivity index (χ0) is 26.6. The number of methoxy groups -OCH3 is 1. The second-order valence-corrected chi connectivity index (χ2v) is 10.5. The number of benzene rings is 2. The number of aryl methyl sites for hydroxylation is 2. The molecule has 4 aromatic rings. The largest absolute Gasteiger partial charge is 0.504 e. The van der Waals surface area contributed by atoms with Gasteiger partial charge in [-0.15, -0.1) is 11.3 Å². The van der Waals surface area contributed by atoms with Gasteiger partial charge < -0.3 is 14.6 Å². The van der Waals surface area contributed by atoms with Crippen LogP contribution in [0.25, 0.3) is 15.9 Å². The van der Waals surface area contributed by atoms with E-state index in [0.29, 0.717) is 44.7 Å². The number of amides is 1. The number of nitrogens with one attached hydrogen (secondary N) is 1. The molecule has 0 spiro atoms. The first-order chi connectivity index (χ1) is 18.5. The number of thioether (sulfide) groups is 1. The summed E-state index contributed by atoms with van der Waals surface area (Å²) in [4.78, 5) is 33.1. The molecule has 2 aromatic carbocycles. The number of hydrazone groups is 1. The monoisotopic (exact) mass is 550 g/mol. The minimum Gasteiger partial charge on any atom is -0.504 e. The number of aromatic hydroxyl groups is 1. The zero-order valence-corrected chi connectivity index (χ0v) is 22.5. The van der Waals surface area contributed by atoms with Crippen LogP contribution in [0.1, 0.15) is 29.3 Å². The van der Waals surface area contributed by atoms with Gasteiger partial charge in [0.2, 0.25) is 0 Å². The van der Waals surface area contributed by atoms with Gasteiger partial charge in [0.15, 0.2) is 16.7 Å². The lowest BCUT2D eigenvalue weighted by atomic mass is 10.2. The average molecular weight is 551 g/mol. The Morgan fingerprint density at radius 1 is 1.26 bits per heavy atom. The molecule has 196 valence electrons. The number of hydrogen-bond acceptors (Lipinski definition) is 9. The molecule has 2 N–H and O–H groups in total. The van der Waals surface area contributed by atoms with Crippen molar-refractivity contribution < 1.29 is 19.4 Å². The van der Waals surface area contributed by atoms with E-state index in [1.807, 2.05) is 31.2 Å². The van der Waals surface area contributed by atoms with Crippen LogP contribution in [0.4, 0.5) is 0 Å². The summed E-state index contributed by atoms with van der Waals surface area (Å²) in [5.41, 5.74) is 4.79. The lowest BCUT2D eigenvalue weighted by Crippen LogP contribution is -2.24. The molecule has 1 aliphatic rings. The van der Waals surface area contributed by atoms with Crippen LogP contribution in [0, 0.1) is 0 Å². The number of carbonyl (C=O) groups excluding carboxylic acids is 1. The van der Waals surface area contributed by atoms with Crippen molar-refractivity contribution in [2.24, 2.45) is 5.10 Å². The maximum Gasteiger partial charge on any atom is 0.267 e. The van der Waals surface area contributed by atoms with Crippen molar-refractivity contribution in [1.29, 1.82) is 0 Å². The fourth-order valence-electron chi connectivity index (χ4n) is 4.32. The molecule has 0 unspecified atom stereocenters. The highest BCUT2D eigenvalue weighted by atomic mass is 32.2. The minimum atomic E-state index is -0.349. The second-order valence-electron chi connectivity index (χ2n) is 8.51. The Balaban J connectivity index is 1.39. The summed E-state index contributed by atoms with van der Waals surface area (Å²) in [6, 6.07) is 12.0.